The first-order chi connectivity index (χ1) is 19.7. The monoisotopic (exact) mass is 583 g/mol. The highest BCUT2D eigenvalue weighted by molar-refractivity contribution is 6.42. The summed E-state index contributed by atoms with van der Waals surface area (Å²) >= 11 is 12.6. The van der Waals surface area contributed by atoms with Gasteiger partial charge in [-0.15, -0.1) is 0 Å². The number of nitrogens with zero attached hydrogens (tertiary/aromatic N) is 4. The van der Waals surface area contributed by atoms with Gasteiger partial charge in [0.05, 0.1) is 43.7 Å². The van der Waals surface area contributed by atoms with Crippen LogP contribution in [-0.2, 0) is 14.1 Å². The van der Waals surface area contributed by atoms with Crippen molar-refractivity contribution in [2.75, 3.05) is 5.32 Å². The van der Waals surface area contributed by atoms with E-state index in [0.717, 1.165) is 15.5 Å². The number of rotatable bonds is 2. The number of halogens is 2. The molecular formula is C31H23Cl2N5O3. The second-order valence-electron chi connectivity index (χ2n) is 10.3. The summed E-state index contributed by atoms with van der Waals surface area (Å²) in [5.41, 5.74) is 3.35. The molecule has 2 atom stereocenters. The molecule has 6 aromatic rings. The van der Waals surface area contributed by atoms with Crippen LogP contribution in [0.4, 0.5) is 5.82 Å². The van der Waals surface area contributed by atoms with Gasteiger partial charge in [-0.25, -0.2) is 14.8 Å². The van der Waals surface area contributed by atoms with Gasteiger partial charge in [0.25, 0.3) is 5.56 Å². The molecule has 2 N–H and O–H groups in total. The topological polar surface area (TPSA) is 102 Å². The van der Waals surface area contributed by atoms with E-state index in [9.17, 15) is 14.7 Å². The van der Waals surface area contributed by atoms with E-state index in [0.29, 0.717) is 60.9 Å². The molecule has 2 aromatic heterocycles. The van der Waals surface area contributed by atoms with E-state index in [-0.39, 0.29) is 17.2 Å². The fraction of sp³-hybridized carbons (Fsp3) is 0.161. The Morgan fingerprint density at radius 2 is 1.44 bits per heavy atom. The van der Waals surface area contributed by atoms with E-state index < -0.39 is 11.7 Å². The second kappa shape index (κ2) is 9.33. The Morgan fingerprint density at radius 1 is 0.829 bits per heavy atom. The van der Waals surface area contributed by atoms with Gasteiger partial charge in [0.1, 0.15) is 11.6 Å². The van der Waals surface area contributed by atoms with Crippen molar-refractivity contribution in [1.82, 2.24) is 19.1 Å². The van der Waals surface area contributed by atoms with Gasteiger partial charge in [-0.05, 0) is 24.1 Å². The maximum absolute atomic E-state index is 13.5. The zero-order chi connectivity index (χ0) is 28.6. The highest BCUT2D eigenvalue weighted by Crippen LogP contribution is 2.47. The number of nitrogens with one attached hydrogen (secondary N) is 1. The molecule has 2 unspecified atom stereocenters. The van der Waals surface area contributed by atoms with Crippen LogP contribution in [0.2, 0.25) is 10.0 Å². The molecule has 10 heteroatoms. The zero-order valence-electron chi connectivity index (χ0n) is 22.0. The largest absolute Gasteiger partial charge is 0.507 e. The first kappa shape index (κ1) is 25.6. The summed E-state index contributed by atoms with van der Waals surface area (Å²) in [4.78, 5) is 36.4. The fourth-order valence-corrected chi connectivity index (χ4v) is 6.34. The predicted molar refractivity (Wildman–Crippen MR) is 162 cm³/mol. The summed E-state index contributed by atoms with van der Waals surface area (Å²) in [6.07, 6.45) is 0.423. The van der Waals surface area contributed by atoms with Crippen LogP contribution < -0.4 is 16.6 Å². The lowest BCUT2D eigenvalue weighted by atomic mass is 9.81. The standard InChI is InChI=1S/C31H23Cl2N5O3/c1-37-29-24(30(40)38(2)31(37)41)18(15-8-4-3-5-9-15)12-23(36-29)25-27-26(16-10-6-7-11-17(16)28(25)39)34-21-13-19(32)20(33)14-22(21)35-27/h3-11,13-14,18,23,36,39H,12H2,1-2H3. The van der Waals surface area contributed by atoms with Gasteiger partial charge in [-0.1, -0.05) is 77.8 Å². The molecule has 3 heterocycles. The summed E-state index contributed by atoms with van der Waals surface area (Å²) < 4.78 is 2.58. The van der Waals surface area contributed by atoms with Crippen molar-refractivity contribution < 1.29 is 5.11 Å². The molecule has 0 fully saturated rings. The van der Waals surface area contributed by atoms with Crippen molar-refractivity contribution in [3.8, 4) is 5.75 Å². The highest BCUT2D eigenvalue weighted by Gasteiger charge is 2.36. The molecule has 0 aliphatic carbocycles. The number of aromatic hydroxyl groups is 1. The normalized spacial score (nSPS) is 16.7. The van der Waals surface area contributed by atoms with Crippen molar-refractivity contribution in [3.05, 3.63) is 114 Å². The third kappa shape index (κ3) is 3.82. The molecule has 4 aromatic carbocycles. The van der Waals surface area contributed by atoms with Crippen molar-refractivity contribution in [2.24, 2.45) is 14.1 Å². The quantitative estimate of drug-likeness (QED) is 0.190. The molecule has 7 rings (SSSR count). The number of phenolic OH excluding ortho intramolecular Hbond substituents is 1. The lowest BCUT2D eigenvalue weighted by Crippen LogP contribution is -2.43. The first-order valence-corrected chi connectivity index (χ1v) is 13.8. The summed E-state index contributed by atoms with van der Waals surface area (Å²) in [6.45, 7) is 0. The molecular weight excluding hydrogens is 561 g/mol. The molecule has 8 nitrogen and oxygen atoms in total. The SMILES string of the molecule is Cn1c2c(c(=O)n(C)c1=O)C(c1ccccc1)CC(c1c(O)c3ccccc3c3nc4cc(Cl)c(Cl)cc4nc13)N2. The van der Waals surface area contributed by atoms with Crippen LogP contribution >= 0.6 is 23.2 Å². The van der Waals surface area contributed by atoms with Crippen LogP contribution in [0.1, 0.15) is 35.1 Å². The molecule has 1 aliphatic rings. The summed E-state index contributed by atoms with van der Waals surface area (Å²) in [5.74, 6) is 0.112. The minimum absolute atomic E-state index is 0.0587. The number of fused-ring (bicyclic) bond motifs is 5. The Balaban J connectivity index is 1.56. The molecule has 0 spiro atoms. The molecule has 0 radical (unpaired) electrons. The Labute approximate surface area is 243 Å². The Hall–Kier alpha value is -4.40. The van der Waals surface area contributed by atoms with Crippen molar-refractivity contribution in [3.63, 3.8) is 0 Å². The van der Waals surface area contributed by atoms with E-state index >= 15 is 0 Å². The number of benzene rings is 4. The van der Waals surface area contributed by atoms with Crippen LogP contribution in [-0.4, -0.2) is 24.2 Å². The van der Waals surface area contributed by atoms with Crippen LogP contribution in [0.5, 0.6) is 5.75 Å². The van der Waals surface area contributed by atoms with Crippen LogP contribution in [0, 0.1) is 0 Å². The van der Waals surface area contributed by atoms with Crippen LogP contribution in [0.25, 0.3) is 32.8 Å². The number of anilines is 1. The summed E-state index contributed by atoms with van der Waals surface area (Å²) in [6, 6.07) is 20.0. The molecule has 41 heavy (non-hydrogen) atoms. The average molecular weight is 584 g/mol. The van der Waals surface area contributed by atoms with Gasteiger partial charge in [-0.2, -0.15) is 0 Å². The Kier molecular flexibility index (Phi) is 5.81. The summed E-state index contributed by atoms with van der Waals surface area (Å²) in [7, 11) is 3.12. The van der Waals surface area contributed by atoms with E-state index in [1.165, 1.54) is 11.6 Å². The Morgan fingerprint density at radius 3 is 2.12 bits per heavy atom. The lowest BCUT2D eigenvalue weighted by Gasteiger charge is -2.35. The van der Waals surface area contributed by atoms with Gasteiger partial charge < -0.3 is 10.4 Å². The molecule has 0 saturated heterocycles. The predicted octanol–water partition coefficient (Wildman–Crippen LogP) is 6.03. The number of phenols is 1. The minimum atomic E-state index is -0.521. The number of hydrogen-bond donors (Lipinski definition) is 2. The average Bonchev–Trinajstić information content (AvgIpc) is 2.99. The van der Waals surface area contributed by atoms with E-state index in [2.05, 4.69) is 5.32 Å². The number of aromatic nitrogens is 4. The molecule has 204 valence electrons. The maximum Gasteiger partial charge on any atom is 0.332 e. The highest BCUT2D eigenvalue weighted by atomic mass is 35.5. The van der Waals surface area contributed by atoms with Gasteiger partial charge in [0.15, 0.2) is 0 Å². The van der Waals surface area contributed by atoms with E-state index in [1.807, 2.05) is 54.6 Å². The van der Waals surface area contributed by atoms with Gasteiger partial charge in [0.2, 0.25) is 0 Å². The van der Waals surface area contributed by atoms with Crippen LogP contribution in [0.15, 0.2) is 76.3 Å². The maximum atomic E-state index is 13.5. The van der Waals surface area contributed by atoms with Crippen LogP contribution in [0.3, 0.4) is 0 Å². The van der Waals surface area contributed by atoms with E-state index in [1.54, 1.807) is 19.2 Å². The first-order valence-electron chi connectivity index (χ1n) is 13.1. The Bertz CT molecular complexity index is 2180. The third-order valence-electron chi connectivity index (χ3n) is 8.03. The second-order valence-corrected chi connectivity index (χ2v) is 11.2. The minimum Gasteiger partial charge on any atom is -0.507 e. The van der Waals surface area contributed by atoms with Gasteiger partial charge in [-0.3, -0.25) is 13.9 Å². The molecule has 0 bridgehead atoms. The van der Waals surface area contributed by atoms with Crippen molar-refractivity contribution in [1.29, 1.82) is 0 Å². The third-order valence-corrected chi connectivity index (χ3v) is 8.76. The lowest BCUT2D eigenvalue weighted by molar-refractivity contribution is 0.463. The fourth-order valence-electron chi connectivity index (χ4n) is 6.03. The molecule has 0 amide bonds. The van der Waals surface area contributed by atoms with E-state index in [4.69, 9.17) is 33.2 Å². The van der Waals surface area contributed by atoms with Crippen molar-refractivity contribution >= 4 is 61.9 Å². The van der Waals surface area contributed by atoms with Crippen molar-refractivity contribution in [2.45, 2.75) is 18.4 Å². The van der Waals surface area contributed by atoms with Gasteiger partial charge >= 0.3 is 5.69 Å². The number of hydrogen-bond acceptors (Lipinski definition) is 6. The van der Waals surface area contributed by atoms with Gasteiger partial charge in [0, 0.05) is 36.3 Å². The molecule has 0 saturated carbocycles. The zero-order valence-corrected chi connectivity index (χ0v) is 23.5. The smallest absolute Gasteiger partial charge is 0.332 e. The molecule has 1 aliphatic heterocycles. The summed E-state index contributed by atoms with van der Waals surface area (Å²) in [5, 5.41) is 17.3.